The van der Waals surface area contributed by atoms with Crippen molar-refractivity contribution in [1.82, 2.24) is 9.97 Å². The molecule has 0 aliphatic carbocycles. The second-order valence-corrected chi connectivity index (χ2v) is 7.62. The molecule has 1 N–H and O–H groups in total. The van der Waals surface area contributed by atoms with Gasteiger partial charge < -0.3 is 19.1 Å². The Labute approximate surface area is 183 Å². The highest BCUT2D eigenvalue weighted by atomic mass is 32.2. The normalized spacial score (nSPS) is 13.8. The summed E-state index contributed by atoms with van der Waals surface area (Å²) in [5.74, 6) is 0.735. The van der Waals surface area contributed by atoms with Crippen molar-refractivity contribution in [2.75, 3.05) is 42.5 Å². The van der Waals surface area contributed by atoms with Crippen LogP contribution < -0.4 is 14.4 Å². The minimum Gasteiger partial charge on any atom is -0.488 e. The first-order valence-corrected chi connectivity index (χ1v) is 10.8. The highest BCUT2D eigenvalue weighted by Gasteiger charge is 2.19. The van der Waals surface area contributed by atoms with Crippen LogP contribution in [-0.2, 0) is 4.74 Å². The zero-order valence-electron chi connectivity index (χ0n) is 17.0. The fraction of sp³-hybridized carbons (Fsp3) is 0.273. The Morgan fingerprint density at radius 1 is 1.16 bits per heavy atom. The van der Waals surface area contributed by atoms with Crippen molar-refractivity contribution in [3.63, 3.8) is 0 Å². The standard InChI is InChI=1S/C22H22F2N4O2S/c1-2-30-19-14-25-21(26-22(19)28-8-10-29-11-9-28)15-4-3-5-17(12-15)27-31-20-7-6-16(23)13-18(20)24/h3-7,12-14,27H,2,8-11H2,1H3. The number of benzene rings is 2. The van der Waals surface area contributed by atoms with Crippen LogP contribution in [0.4, 0.5) is 20.3 Å². The summed E-state index contributed by atoms with van der Waals surface area (Å²) in [6.45, 7) is 5.20. The first-order chi connectivity index (χ1) is 15.1. The van der Waals surface area contributed by atoms with Gasteiger partial charge in [0.2, 0.25) is 0 Å². The molecule has 1 fully saturated rings. The zero-order chi connectivity index (χ0) is 21.6. The lowest BCUT2D eigenvalue weighted by atomic mass is 10.2. The van der Waals surface area contributed by atoms with Crippen LogP contribution in [0.1, 0.15) is 6.92 Å². The second kappa shape index (κ2) is 9.93. The number of morpholine rings is 1. The average Bonchev–Trinajstić information content (AvgIpc) is 2.80. The number of ether oxygens (including phenoxy) is 2. The van der Waals surface area contributed by atoms with E-state index in [9.17, 15) is 8.78 Å². The van der Waals surface area contributed by atoms with Gasteiger partial charge in [-0.2, -0.15) is 0 Å². The van der Waals surface area contributed by atoms with E-state index in [4.69, 9.17) is 14.5 Å². The van der Waals surface area contributed by atoms with E-state index in [0.717, 1.165) is 48.2 Å². The van der Waals surface area contributed by atoms with E-state index in [2.05, 4.69) is 14.6 Å². The lowest BCUT2D eigenvalue weighted by molar-refractivity contribution is 0.122. The molecule has 9 heteroatoms. The molecule has 2 heterocycles. The Morgan fingerprint density at radius 2 is 2.00 bits per heavy atom. The van der Waals surface area contributed by atoms with Gasteiger partial charge in [0, 0.05) is 30.4 Å². The van der Waals surface area contributed by atoms with E-state index in [1.165, 1.54) is 12.1 Å². The van der Waals surface area contributed by atoms with Crippen LogP contribution in [0.25, 0.3) is 11.4 Å². The summed E-state index contributed by atoms with van der Waals surface area (Å²) in [4.78, 5) is 11.7. The van der Waals surface area contributed by atoms with Gasteiger partial charge in [-0.15, -0.1) is 0 Å². The van der Waals surface area contributed by atoms with Crippen molar-refractivity contribution in [3.05, 3.63) is 60.3 Å². The third kappa shape index (κ3) is 5.23. The number of anilines is 2. The number of nitrogens with zero attached hydrogens (tertiary/aromatic N) is 3. The van der Waals surface area contributed by atoms with E-state index < -0.39 is 11.6 Å². The smallest absolute Gasteiger partial charge is 0.180 e. The van der Waals surface area contributed by atoms with Gasteiger partial charge in [0.1, 0.15) is 11.6 Å². The maximum absolute atomic E-state index is 13.9. The first kappa shape index (κ1) is 21.3. The highest BCUT2D eigenvalue weighted by molar-refractivity contribution is 8.00. The molecule has 0 atom stereocenters. The Bertz CT molecular complexity index is 1050. The molecule has 0 unspecified atom stereocenters. The number of nitrogens with one attached hydrogen (secondary N) is 1. The molecule has 0 radical (unpaired) electrons. The topological polar surface area (TPSA) is 59.5 Å². The summed E-state index contributed by atoms with van der Waals surface area (Å²) in [5.41, 5.74) is 1.55. The van der Waals surface area contributed by atoms with Crippen molar-refractivity contribution in [2.45, 2.75) is 11.8 Å². The Morgan fingerprint density at radius 3 is 2.77 bits per heavy atom. The lowest BCUT2D eigenvalue weighted by Gasteiger charge is -2.29. The molecular formula is C22H22F2N4O2S. The summed E-state index contributed by atoms with van der Waals surface area (Å²) >= 11 is 1.07. The molecule has 0 spiro atoms. The summed E-state index contributed by atoms with van der Waals surface area (Å²) in [7, 11) is 0. The van der Waals surface area contributed by atoms with Crippen LogP contribution in [0, 0.1) is 11.6 Å². The van der Waals surface area contributed by atoms with Crippen LogP contribution in [0.3, 0.4) is 0 Å². The molecule has 0 saturated carbocycles. The molecule has 2 aromatic carbocycles. The van der Waals surface area contributed by atoms with Gasteiger partial charge in [-0.25, -0.2) is 18.7 Å². The van der Waals surface area contributed by atoms with Crippen LogP contribution in [0.15, 0.2) is 53.6 Å². The van der Waals surface area contributed by atoms with Crippen LogP contribution >= 0.6 is 11.9 Å². The molecular weight excluding hydrogens is 422 g/mol. The monoisotopic (exact) mass is 444 g/mol. The molecule has 162 valence electrons. The number of aromatic nitrogens is 2. The third-order valence-corrected chi connectivity index (χ3v) is 5.53. The number of hydrogen-bond acceptors (Lipinski definition) is 7. The molecule has 1 aliphatic heterocycles. The van der Waals surface area contributed by atoms with Crippen molar-refractivity contribution < 1.29 is 18.3 Å². The van der Waals surface area contributed by atoms with Gasteiger partial charge >= 0.3 is 0 Å². The molecule has 0 amide bonds. The minimum absolute atomic E-state index is 0.304. The van der Waals surface area contributed by atoms with Gasteiger partial charge in [0.15, 0.2) is 17.4 Å². The van der Waals surface area contributed by atoms with Gasteiger partial charge in [-0.3, -0.25) is 0 Å². The lowest BCUT2D eigenvalue weighted by Crippen LogP contribution is -2.37. The van der Waals surface area contributed by atoms with Gasteiger partial charge in [-0.05, 0) is 43.1 Å². The quantitative estimate of drug-likeness (QED) is 0.527. The van der Waals surface area contributed by atoms with E-state index >= 15 is 0 Å². The Kier molecular flexibility index (Phi) is 6.83. The molecule has 6 nitrogen and oxygen atoms in total. The first-order valence-electron chi connectivity index (χ1n) is 9.95. The molecule has 31 heavy (non-hydrogen) atoms. The minimum atomic E-state index is -0.612. The summed E-state index contributed by atoms with van der Waals surface area (Å²) in [5, 5.41) is 0. The van der Waals surface area contributed by atoms with E-state index in [0.29, 0.717) is 36.3 Å². The largest absolute Gasteiger partial charge is 0.488 e. The van der Waals surface area contributed by atoms with E-state index in [1.807, 2.05) is 31.2 Å². The molecule has 1 aliphatic rings. The predicted octanol–water partition coefficient (Wildman–Crippen LogP) is 4.78. The van der Waals surface area contributed by atoms with Crippen molar-refractivity contribution in [3.8, 4) is 17.1 Å². The highest BCUT2D eigenvalue weighted by Crippen LogP contribution is 2.31. The van der Waals surface area contributed by atoms with Crippen LogP contribution in [0.2, 0.25) is 0 Å². The molecule has 0 bridgehead atoms. The van der Waals surface area contributed by atoms with E-state index in [1.54, 1.807) is 6.20 Å². The van der Waals surface area contributed by atoms with Gasteiger partial charge in [0.05, 0.1) is 30.9 Å². The van der Waals surface area contributed by atoms with Gasteiger partial charge in [-0.1, -0.05) is 12.1 Å². The Hall–Kier alpha value is -2.91. The SMILES string of the molecule is CCOc1cnc(-c2cccc(NSc3ccc(F)cc3F)c2)nc1N1CCOCC1. The average molecular weight is 445 g/mol. The predicted molar refractivity (Wildman–Crippen MR) is 118 cm³/mol. The number of rotatable bonds is 7. The molecule has 1 aromatic heterocycles. The van der Waals surface area contributed by atoms with Crippen LogP contribution in [0.5, 0.6) is 5.75 Å². The molecule has 1 saturated heterocycles. The van der Waals surface area contributed by atoms with Gasteiger partial charge in [0.25, 0.3) is 0 Å². The molecule has 4 rings (SSSR count). The fourth-order valence-electron chi connectivity index (χ4n) is 3.15. The maximum atomic E-state index is 13.9. The Balaban J connectivity index is 1.56. The summed E-state index contributed by atoms with van der Waals surface area (Å²) < 4.78 is 41.2. The zero-order valence-corrected chi connectivity index (χ0v) is 17.8. The third-order valence-electron chi connectivity index (χ3n) is 4.64. The fourth-order valence-corrected chi connectivity index (χ4v) is 3.80. The van der Waals surface area contributed by atoms with E-state index in [-0.39, 0.29) is 0 Å². The number of halogens is 2. The number of hydrogen-bond donors (Lipinski definition) is 1. The van der Waals surface area contributed by atoms with Crippen molar-refractivity contribution >= 4 is 23.5 Å². The summed E-state index contributed by atoms with van der Waals surface area (Å²) in [6.07, 6.45) is 1.69. The van der Waals surface area contributed by atoms with Crippen LogP contribution in [-0.4, -0.2) is 42.9 Å². The summed E-state index contributed by atoms with van der Waals surface area (Å²) in [6, 6.07) is 11.0. The second-order valence-electron chi connectivity index (χ2n) is 6.77. The van der Waals surface area contributed by atoms with Crippen molar-refractivity contribution in [2.24, 2.45) is 0 Å². The van der Waals surface area contributed by atoms with Crippen molar-refractivity contribution in [1.29, 1.82) is 0 Å². The maximum Gasteiger partial charge on any atom is 0.180 e. The molecule has 3 aromatic rings.